The number of aromatic hydroxyl groups is 1. The van der Waals surface area contributed by atoms with Crippen molar-refractivity contribution in [3.05, 3.63) is 54.1 Å². The van der Waals surface area contributed by atoms with Gasteiger partial charge in [-0.15, -0.1) is 0 Å². The average molecular weight is 297 g/mol. The van der Waals surface area contributed by atoms with Crippen molar-refractivity contribution < 1.29 is 23.0 Å². The molecule has 0 bridgehead atoms. The first-order valence-corrected chi connectivity index (χ1v) is 6.24. The van der Waals surface area contributed by atoms with Crippen LogP contribution in [0.1, 0.15) is 5.56 Å². The lowest BCUT2D eigenvalue weighted by molar-refractivity contribution is -0.153. The molecule has 0 aromatic heterocycles. The number of rotatable bonds is 5. The van der Waals surface area contributed by atoms with Crippen molar-refractivity contribution in [3.8, 4) is 11.5 Å². The van der Waals surface area contributed by atoms with Crippen LogP contribution in [0.3, 0.4) is 0 Å². The first-order valence-electron chi connectivity index (χ1n) is 6.24. The van der Waals surface area contributed by atoms with Crippen LogP contribution in [0.15, 0.2) is 48.5 Å². The van der Waals surface area contributed by atoms with Crippen LogP contribution in [0.5, 0.6) is 11.5 Å². The maximum absolute atomic E-state index is 12.0. The summed E-state index contributed by atoms with van der Waals surface area (Å²) in [6, 6.07) is 13.1. The van der Waals surface area contributed by atoms with Crippen molar-refractivity contribution in [2.75, 3.05) is 11.9 Å². The molecule has 0 atom stereocenters. The van der Waals surface area contributed by atoms with E-state index in [4.69, 9.17) is 0 Å². The number of anilines is 1. The molecule has 0 amide bonds. The summed E-state index contributed by atoms with van der Waals surface area (Å²) in [5.41, 5.74) is 1.45. The molecule has 0 spiro atoms. The van der Waals surface area contributed by atoms with E-state index in [1.807, 2.05) is 6.07 Å². The van der Waals surface area contributed by atoms with Gasteiger partial charge in [0.1, 0.15) is 11.5 Å². The Morgan fingerprint density at radius 2 is 1.67 bits per heavy atom. The van der Waals surface area contributed by atoms with Gasteiger partial charge < -0.3 is 15.2 Å². The van der Waals surface area contributed by atoms with E-state index < -0.39 is 12.8 Å². The van der Waals surface area contributed by atoms with Crippen molar-refractivity contribution in [1.82, 2.24) is 0 Å². The molecule has 0 saturated carbocycles. The predicted octanol–water partition coefficient (Wildman–Crippen LogP) is 3.95. The van der Waals surface area contributed by atoms with Gasteiger partial charge in [-0.25, -0.2) is 0 Å². The van der Waals surface area contributed by atoms with Crippen LogP contribution in [0.4, 0.5) is 18.9 Å². The molecule has 0 saturated heterocycles. The van der Waals surface area contributed by atoms with Crippen LogP contribution in [0.25, 0.3) is 0 Å². The maximum Gasteiger partial charge on any atom is 0.422 e. The third kappa shape index (κ3) is 4.91. The van der Waals surface area contributed by atoms with Crippen molar-refractivity contribution >= 4 is 5.69 Å². The van der Waals surface area contributed by atoms with Crippen LogP contribution < -0.4 is 10.1 Å². The van der Waals surface area contributed by atoms with Gasteiger partial charge in [-0.3, -0.25) is 0 Å². The Hall–Kier alpha value is -2.37. The number of phenols is 1. The lowest BCUT2D eigenvalue weighted by Gasteiger charge is -2.11. The second kappa shape index (κ2) is 6.39. The second-order valence-corrected chi connectivity index (χ2v) is 4.41. The molecule has 2 rings (SSSR count). The molecule has 0 aliphatic heterocycles. The van der Waals surface area contributed by atoms with Gasteiger partial charge in [0.25, 0.3) is 0 Å². The summed E-state index contributed by atoms with van der Waals surface area (Å²) in [5, 5.41) is 12.7. The van der Waals surface area contributed by atoms with E-state index in [0.717, 1.165) is 11.3 Å². The fraction of sp³-hybridized carbons (Fsp3) is 0.200. The molecule has 0 fully saturated rings. The van der Waals surface area contributed by atoms with Crippen molar-refractivity contribution in [2.24, 2.45) is 0 Å². The largest absolute Gasteiger partial charge is 0.508 e. The van der Waals surface area contributed by atoms with Gasteiger partial charge in [0, 0.05) is 17.8 Å². The summed E-state index contributed by atoms with van der Waals surface area (Å²) < 4.78 is 40.6. The lowest BCUT2D eigenvalue weighted by atomic mass is 10.2. The van der Waals surface area contributed by atoms with Gasteiger partial charge in [0.15, 0.2) is 6.61 Å². The number of alkyl halides is 3. The van der Waals surface area contributed by atoms with Crippen molar-refractivity contribution in [2.45, 2.75) is 12.7 Å². The smallest absolute Gasteiger partial charge is 0.422 e. The minimum absolute atomic E-state index is 0.153. The molecule has 0 aliphatic carbocycles. The van der Waals surface area contributed by atoms with Crippen LogP contribution in [0, 0.1) is 0 Å². The van der Waals surface area contributed by atoms with Gasteiger partial charge in [0.2, 0.25) is 0 Å². The van der Waals surface area contributed by atoms with E-state index >= 15 is 0 Å². The Balaban J connectivity index is 1.89. The first kappa shape index (κ1) is 15.0. The fourth-order valence-electron chi connectivity index (χ4n) is 1.69. The fourth-order valence-corrected chi connectivity index (χ4v) is 1.69. The van der Waals surface area contributed by atoms with Crippen LogP contribution in [0.2, 0.25) is 0 Å². The monoisotopic (exact) mass is 297 g/mol. The summed E-state index contributed by atoms with van der Waals surface area (Å²) >= 11 is 0. The molecular weight excluding hydrogens is 283 g/mol. The molecule has 2 aromatic carbocycles. The van der Waals surface area contributed by atoms with Crippen molar-refractivity contribution in [3.63, 3.8) is 0 Å². The third-order valence-corrected chi connectivity index (χ3v) is 2.73. The molecule has 0 unspecified atom stereocenters. The summed E-state index contributed by atoms with van der Waals surface area (Å²) in [5.74, 6) is 0.343. The number of halogens is 3. The Bertz CT molecular complexity index is 582. The molecule has 0 aliphatic rings. The zero-order valence-electron chi connectivity index (χ0n) is 11.0. The van der Waals surface area contributed by atoms with Crippen LogP contribution in [-0.2, 0) is 6.54 Å². The molecule has 2 N–H and O–H groups in total. The van der Waals surface area contributed by atoms with Crippen molar-refractivity contribution in [1.29, 1.82) is 0 Å². The molecule has 2 aromatic rings. The van der Waals surface area contributed by atoms with E-state index in [0.29, 0.717) is 6.54 Å². The molecule has 21 heavy (non-hydrogen) atoms. The highest BCUT2D eigenvalue weighted by Crippen LogP contribution is 2.21. The van der Waals surface area contributed by atoms with E-state index in [-0.39, 0.29) is 11.5 Å². The zero-order chi connectivity index (χ0) is 15.3. The topological polar surface area (TPSA) is 41.5 Å². The summed E-state index contributed by atoms with van der Waals surface area (Å²) in [4.78, 5) is 0. The average Bonchev–Trinajstić information content (AvgIpc) is 2.45. The minimum Gasteiger partial charge on any atom is -0.508 e. The quantitative estimate of drug-likeness (QED) is 0.878. The molecule has 0 radical (unpaired) electrons. The zero-order valence-corrected chi connectivity index (χ0v) is 11.0. The Morgan fingerprint density at radius 3 is 2.29 bits per heavy atom. The minimum atomic E-state index is -4.35. The highest BCUT2D eigenvalue weighted by molar-refractivity contribution is 5.47. The van der Waals surface area contributed by atoms with Gasteiger partial charge in [-0.05, 0) is 30.3 Å². The number of nitrogens with one attached hydrogen (secondary N) is 1. The van der Waals surface area contributed by atoms with Crippen LogP contribution >= 0.6 is 0 Å². The van der Waals surface area contributed by atoms with E-state index in [1.54, 1.807) is 30.3 Å². The maximum atomic E-state index is 12.0. The molecule has 0 heterocycles. The third-order valence-electron chi connectivity index (χ3n) is 2.73. The number of ether oxygens (including phenoxy) is 1. The summed E-state index contributed by atoms with van der Waals surface area (Å²) in [6.45, 7) is -0.896. The van der Waals surface area contributed by atoms with Crippen LogP contribution in [-0.4, -0.2) is 17.9 Å². The SMILES string of the molecule is Oc1ccccc1CNc1ccc(OCC(F)(F)F)cc1. The normalized spacial score (nSPS) is 11.2. The lowest BCUT2D eigenvalue weighted by Crippen LogP contribution is -2.19. The second-order valence-electron chi connectivity index (χ2n) is 4.41. The predicted molar refractivity (Wildman–Crippen MR) is 73.4 cm³/mol. The van der Waals surface area contributed by atoms with Gasteiger partial charge in [-0.1, -0.05) is 18.2 Å². The van der Waals surface area contributed by atoms with Gasteiger partial charge in [-0.2, -0.15) is 13.2 Å². The molecule has 112 valence electrons. The Labute approximate surface area is 120 Å². The number of hydrogen-bond acceptors (Lipinski definition) is 3. The van der Waals surface area contributed by atoms with Gasteiger partial charge in [0.05, 0.1) is 0 Å². The first-order chi connectivity index (χ1) is 9.94. The van der Waals surface area contributed by atoms with E-state index in [1.165, 1.54) is 12.1 Å². The molecule has 6 heteroatoms. The number of phenolic OH excluding ortho intramolecular Hbond substituents is 1. The Morgan fingerprint density at radius 1 is 1.00 bits per heavy atom. The molecule has 3 nitrogen and oxygen atoms in total. The number of hydrogen-bond donors (Lipinski definition) is 2. The number of para-hydroxylation sites is 1. The highest BCUT2D eigenvalue weighted by atomic mass is 19.4. The standard InChI is InChI=1S/C15H14F3NO2/c16-15(17,18)10-21-13-7-5-12(6-8-13)19-9-11-3-1-2-4-14(11)20/h1-8,19-20H,9-10H2. The van der Waals surface area contributed by atoms with E-state index in [2.05, 4.69) is 10.1 Å². The molecular formula is C15H14F3NO2. The Kier molecular flexibility index (Phi) is 4.57. The number of benzene rings is 2. The van der Waals surface area contributed by atoms with Gasteiger partial charge >= 0.3 is 6.18 Å². The summed E-state index contributed by atoms with van der Waals surface area (Å²) in [7, 11) is 0. The summed E-state index contributed by atoms with van der Waals surface area (Å²) in [6.07, 6.45) is -4.35. The van der Waals surface area contributed by atoms with E-state index in [9.17, 15) is 18.3 Å². The highest BCUT2D eigenvalue weighted by Gasteiger charge is 2.28.